The van der Waals surface area contributed by atoms with Gasteiger partial charge in [0.1, 0.15) is 5.69 Å². The van der Waals surface area contributed by atoms with Crippen molar-refractivity contribution in [2.75, 3.05) is 0 Å². The van der Waals surface area contributed by atoms with Crippen LogP contribution in [0.4, 0.5) is 0 Å². The number of rotatable bonds is 4. The van der Waals surface area contributed by atoms with Crippen LogP contribution in [0.5, 0.6) is 0 Å². The van der Waals surface area contributed by atoms with E-state index in [2.05, 4.69) is 18.8 Å². The van der Waals surface area contributed by atoms with Crippen molar-refractivity contribution in [2.24, 2.45) is 0 Å². The lowest BCUT2D eigenvalue weighted by Gasteiger charge is -2.33. The van der Waals surface area contributed by atoms with E-state index in [1.165, 1.54) is 0 Å². The van der Waals surface area contributed by atoms with Crippen LogP contribution >= 0.6 is 0 Å². The molecule has 104 valence electrons. The van der Waals surface area contributed by atoms with E-state index in [0.29, 0.717) is 5.69 Å². The Hall–Kier alpha value is -2.16. The Labute approximate surface area is 120 Å². The Morgan fingerprint density at radius 2 is 1.95 bits per heavy atom. The summed E-state index contributed by atoms with van der Waals surface area (Å²) in [4.78, 5) is 18.8. The van der Waals surface area contributed by atoms with Crippen LogP contribution in [-0.2, 0) is 0 Å². The highest BCUT2D eigenvalue weighted by molar-refractivity contribution is 5.93. The molecule has 0 aliphatic heterocycles. The number of hydrogen-bond acceptors (Lipinski definition) is 2. The first-order valence-corrected chi connectivity index (χ1v) is 6.99. The highest BCUT2D eigenvalue weighted by Gasteiger charge is 2.26. The molecule has 0 fully saturated rings. The highest BCUT2D eigenvalue weighted by Crippen LogP contribution is 2.16. The fourth-order valence-corrected chi connectivity index (χ4v) is 2.18. The summed E-state index contributed by atoms with van der Waals surface area (Å²) >= 11 is 0. The molecule has 1 aromatic rings. The minimum atomic E-state index is -0.0329. The molecule has 3 heteroatoms. The number of carbonyl (C=O) groups is 1. The first-order chi connectivity index (χ1) is 9.74. The molecule has 1 aromatic heterocycles. The van der Waals surface area contributed by atoms with Gasteiger partial charge in [-0.1, -0.05) is 49.4 Å². The third kappa shape index (κ3) is 3.23. The molecule has 0 spiro atoms. The van der Waals surface area contributed by atoms with Gasteiger partial charge < -0.3 is 4.90 Å². The second-order valence-electron chi connectivity index (χ2n) is 4.83. The van der Waals surface area contributed by atoms with Crippen LogP contribution in [0.25, 0.3) is 0 Å². The maximum atomic E-state index is 12.7. The summed E-state index contributed by atoms with van der Waals surface area (Å²) in [5.41, 5.74) is 0.492. The van der Waals surface area contributed by atoms with Crippen molar-refractivity contribution in [2.45, 2.75) is 32.4 Å². The van der Waals surface area contributed by atoms with Crippen molar-refractivity contribution in [3.63, 3.8) is 0 Å². The van der Waals surface area contributed by atoms with Crippen molar-refractivity contribution >= 4 is 5.91 Å². The van der Waals surface area contributed by atoms with E-state index in [9.17, 15) is 4.79 Å². The fourth-order valence-electron chi connectivity index (χ4n) is 2.18. The average Bonchev–Trinajstić information content (AvgIpc) is 2.77. The number of nitrogens with zero attached hydrogens (tertiary/aromatic N) is 2. The summed E-state index contributed by atoms with van der Waals surface area (Å²) < 4.78 is 0. The predicted molar refractivity (Wildman–Crippen MR) is 81.4 cm³/mol. The lowest BCUT2D eigenvalue weighted by atomic mass is 10.1. The third-order valence-corrected chi connectivity index (χ3v) is 3.46. The standard InChI is InChI=1S/C17H20N2O/c1-3-14(2)19(15-10-6-4-5-7-11-15)17(20)16-12-8-9-13-18-16/h4-15H,3H2,1-2H3/t14-/m1/s1. The summed E-state index contributed by atoms with van der Waals surface area (Å²) in [6, 6.07) is 5.55. The summed E-state index contributed by atoms with van der Waals surface area (Å²) in [5, 5.41) is 0. The molecule has 1 aliphatic rings. The molecule has 1 aliphatic carbocycles. The van der Waals surface area contributed by atoms with Crippen LogP contribution in [0, 0.1) is 0 Å². The number of hydrogen-bond donors (Lipinski definition) is 0. The molecule has 0 bridgehead atoms. The SMILES string of the molecule is CC[C@@H](C)N(C(=O)c1ccccn1)C1C=CC=CC=C1. The number of pyridine rings is 1. The normalized spacial score (nSPS) is 15.9. The Morgan fingerprint density at radius 3 is 2.50 bits per heavy atom. The summed E-state index contributed by atoms with van der Waals surface area (Å²) in [6.45, 7) is 4.16. The van der Waals surface area contributed by atoms with Gasteiger partial charge >= 0.3 is 0 Å². The van der Waals surface area contributed by atoms with Gasteiger partial charge in [-0.3, -0.25) is 9.78 Å². The molecule has 0 radical (unpaired) electrons. The fraction of sp³-hybridized carbons (Fsp3) is 0.294. The van der Waals surface area contributed by atoms with Crippen LogP contribution in [0.3, 0.4) is 0 Å². The summed E-state index contributed by atoms with van der Waals surface area (Å²) in [7, 11) is 0. The molecule has 20 heavy (non-hydrogen) atoms. The smallest absolute Gasteiger partial charge is 0.273 e. The Kier molecular flexibility index (Phi) is 4.88. The zero-order chi connectivity index (χ0) is 14.4. The van der Waals surface area contributed by atoms with Gasteiger partial charge in [-0.25, -0.2) is 0 Å². The summed E-state index contributed by atoms with van der Waals surface area (Å²) in [6.07, 6.45) is 14.5. The second-order valence-corrected chi connectivity index (χ2v) is 4.83. The zero-order valence-electron chi connectivity index (χ0n) is 11.9. The van der Waals surface area contributed by atoms with E-state index in [4.69, 9.17) is 0 Å². The number of aromatic nitrogens is 1. The van der Waals surface area contributed by atoms with E-state index >= 15 is 0 Å². The van der Waals surface area contributed by atoms with E-state index in [1.807, 2.05) is 53.5 Å². The van der Waals surface area contributed by atoms with Crippen molar-refractivity contribution in [1.82, 2.24) is 9.88 Å². The van der Waals surface area contributed by atoms with Gasteiger partial charge in [-0.2, -0.15) is 0 Å². The van der Waals surface area contributed by atoms with Gasteiger partial charge in [0.05, 0.1) is 6.04 Å². The topological polar surface area (TPSA) is 33.2 Å². The zero-order valence-corrected chi connectivity index (χ0v) is 11.9. The molecular formula is C17H20N2O. The molecule has 2 rings (SSSR count). The van der Waals surface area contributed by atoms with Crippen molar-refractivity contribution in [3.05, 3.63) is 66.5 Å². The predicted octanol–water partition coefficient (Wildman–Crippen LogP) is 3.37. The summed E-state index contributed by atoms with van der Waals surface area (Å²) in [5.74, 6) is -0.0267. The first kappa shape index (κ1) is 14.3. The molecule has 0 saturated carbocycles. The van der Waals surface area contributed by atoms with Gasteiger partial charge in [0.15, 0.2) is 0 Å². The monoisotopic (exact) mass is 268 g/mol. The van der Waals surface area contributed by atoms with E-state index < -0.39 is 0 Å². The van der Waals surface area contributed by atoms with E-state index in [1.54, 1.807) is 12.3 Å². The number of carbonyl (C=O) groups excluding carboxylic acids is 1. The molecule has 0 N–H and O–H groups in total. The van der Waals surface area contributed by atoms with Gasteiger partial charge in [-0.15, -0.1) is 0 Å². The Balaban J connectivity index is 2.30. The van der Waals surface area contributed by atoms with Crippen LogP contribution < -0.4 is 0 Å². The van der Waals surface area contributed by atoms with Gasteiger partial charge in [-0.05, 0) is 25.5 Å². The molecule has 3 nitrogen and oxygen atoms in total. The van der Waals surface area contributed by atoms with Crippen molar-refractivity contribution in [1.29, 1.82) is 0 Å². The quantitative estimate of drug-likeness (QED) is 0.838. The third-order valence-electron chi connectivity index (χ3n) is 3.46. The molecular weight excluding hydrogens is 248 g/mol. The van der Waals surface area contributed by atoms with E-state index in [0.717, 1.165) is 6.42 Å². The maximum absolute atomic E-state index is 12.7. The minimum Gasteiger partial charge on any atom is -0.325 e. The molecule has 0 aromatic carbocycles. The van der Waals surface area contributed by atoms with E-state index in [-0.39, 0.29) is 18.0 Å². The second kappa shape index (κ2) is 6.85. The van der Waals surface area contributed by atoms with Crippen molar-refractivity contribution in [3.8, 4) is 0 Å². The van der Waals surface area contributed by atoms with Crippen LogP contribution in [-0.4, -0.2) is 27.9 Å². The van der Waals surface area contributed by atoms with Crippen LogP contribution in [0.2, 0.25) is 0 Å². The average molecular weight is 268 g/mol. The molecule has 1 atom stereocenters. The maximum Gasteiger partial charge on any atom is 0.273 e. The Bertz CT molecular complexity index is 515. The molecule has 1 heterocycles. The van der Waals surface area contributed by atoms with Gasteiger partial charge in [0.25, 0.3) is 5.91 Å². The first-order valence-electron chi connectivity index (χ1n) is 6.99. The van der Waals surface area contributed by atoms with Crippen LogP contribution in [0.15, 0.2) is 60.9 Å². The van der Waals surface area contributed by atoms with Crippen LogP contribution in [0.1, 0.15) is 30.8 Å². The lowest BCUT2D eigenvalue weighted by molar-refractivity contribution is 0.0660. The number of allylic oxidation sites excluding steroid dienone is 4. The number of amides is 1. The largest absolute Gasteiger partial charge is 0.325 e. The highest BCUT2D eigenvalue weighted by atomic mass is 16.2. The minimum absolute atomic E-state index is 0.0267. The molecule has 1 amide bonds. The van der Waals surface area contributed by atoms with Gasteiger partial charge in [0.2, 0.25) is 0 Å². The molecule has 0 saturated heterocycles. The van der Waals surface area contributed by atoms with Gasteiger partial charge in [0, 0.05) is 12.2 Å². The lowest BCUT2D eigenvalue weighted by Crippen LogP contribution is -2.44. The van der Waals surface area contributed by atoms with Crippen molar-refractivity contribution < 1.29 is 4.79 Å². The Morgan fingerprint density at radius 1 is 1.25 bits per heavy atom. The molecule has 0 unspecified atom stereocenters.